The molecule has 1 saturated heterocycles. The molecule has 0 saturated carbocycles. The van der Waals surface area contributed by atoms with Crippen LogP contribution in [0, 0.1) is 13.8 Å². The number of imidazole rings is 1. The maximum atomic E-state index is 13.0. The number of nitrogens with zero attached hydrogens (tertiary/aromatic N) is 3. The standard InChI is InChI=1S/C30H33N3O2/c1-21-16-22(2)18-26(17-21)35-15-9-14-32-28-13-8-7-12-27(28)31-30(32)25-19-29(34)33(20-25)23(3)24-10-5-4-6-11-24/h4-8,10-13,16-18,23,25H,9,14-15,19-20H2,1-3H3. The van der Waals surface area contributed by atoms with Gasteiger partial charge in [0.05, 0.1) is 23.7 Å². The molecule has 2 unspecified atom stereocenters. The highest BCUT2D eigenvalue weighted by atomic mass is 16.5. The fourth-order valence-electron chi connectivity index (χ4n) is 5.26. The third kappa shape index (κ3) is 4.95. The van der Waals surface area contributed by atoms with Gasteiger partial charge in [-0.05, 0) is 68.1 Å². The summed E-state index contributed by atoms with van der Waals surface area (Å²) >= 11 is 0. The zero-order valence-electron chi connectivity index (χ0n) is 20.8. The topological polar surface area (TPSA) is 47.4 Å². The predicted octanol–water partition coefficient (Wildman–Crippen LogP) is 6.20. The number of para-hydroxylation sites is 2. The van der Waals surface area contributed by atoms with E-state index in [2.05, 4.69) is 73.9 Å². The molecule has 1 aromatic heterocycles. The van der Waals surface area contributed by atoms with Gasteiger partial charge in [-0.1, -0.05) is 48.5 Å². The minimum atomic E-state index is 0.0534. The molecular formula is C30H33N3O2. The first-order valence-electron chi connectivity index (χ1n) is 12.5. The Kier molecular flexibility index (Phi) is 6.58. The molecule has 5 heteroatoms. The lowest BCUT2D eigenvalue weighted by atomic mass is 10.1. The molecule has 4 aromatic rings. The van der Waals surface area contributed by atoms with Gasteiger partial charge in [0.25, 0.3) is 0 Å². The van der Waals surface area contributed by atoms with Crippen molar-refractivity contribution in [3.8, 4) is 5.75 Å². The van der Waals surface area contributed by atoms with E-state index in [4.69, 9.17) is 9.72 Å². The molecule has 0 spiro atoms. The first kappa shape index (κ1) is 23.2. The second-order valence-corrected chi connectivity index (χ2v) is 9.67. The number of likely N-dealkylation sites (tertiary alicyclic amines) is 1. The van der Waals surface area contributed by atoms with Crippen LogP contribution in [-0.2, 0) is 11.3 Å². The molecule has 0 aliphatic carbocycles. The predicted molar refractivity (Wildman–Crippen MR) is 140 cm³/mol. The molecule has 2 heterocycles. The fourth-order valence-corrected chi connectivity index (χ4v) is 5.26. The highest BCUT2D eigenvalue weighted by molar-refractivity contribution is 5.81. The van der Waals surface area contributed by atoms with E-state index in [1.807, 2.05) is 29.2 Å². The van der Waals surface area contributed by atoms with Gasteiger partial charge in [-0.15, -0.1) is 0 Å². The highest BCUT2D eigenvalue weighted by Gasteiger charge is 2.36. The first-order valence-corrected chi connectivity index (χ1v) is 12.5. The molecule has 1 fully saturated rings. The zero-order chi connectivity index (χ0) is 24.4. The number of carbonyl (C=O) groups is 1. The lowest BCUT2D eigenvalue weighted by molar-refractivity contribution is -0.129. The van der Waals surface area contributed by atoms with Crippen LogP contribution in [0.2, 0.25) is 0 Å². The number of ether oxygens (including phenoxy) is 1. The highest BCUT2D eigenvalue weighted by Crippen LogP contribution is 2.35. The smallest absolute Gasteiger partial charge is 0.223 e. The maximum Gasteiger partial charge on any atom is 0.223 e. The normalized spacial score (nSPS) is 16.7. The second kappa shape index (κ2) is 9.95. The summed E-state index contributed by atoms with van der Waals surface area (Å²) in [7, 11) is 0. The van der Waals surface area contributed by atoms with Crippen LogP contribution >= 0.6 is 0 Å². The van der Waals surface area contributed by atoms with Gasteiger partial charge in [-0.3, -0.25) is 4.79 Å². The van der Waals surface area contributed by atoms with E-state index in [-0.39, 0.29) is 17.9 Å². The average Bonchev–Trinajstić information content (AvgIpc) is 3.42. The van der Waals surface area contributed by atoms with Crippen LogP contribution in [0.25, 0.3) is 11.0 Å². The number of aryl methyl sites for hydroxylation is 3. The minimum absolute atomic E-state index is 0.0534. The number of aromatic nitrogens is 2. The van der Waals surface area contributed by atoms with Crippen molar-refractivity contribution in [1.82, 2.24) is 14.5 Å². The van der Waals surface area contributed by atoms with E-state index in [1.54, 1.807) is 0 Å². The summed E-state index contributed by atoms with van der Waals surface area (Å²) in [6.07, 6.45) is 1.37. The Morgan fingerprint density at radius 2 is 1.71 bits per heavy atom. The lowest BCUT2D eigenvalue weighted by Gasteiger charge is -2.25. The quantitative estimate of drug-likeness (QED) is 0.290. The van der Waals surface area contributed by atoms with Gasteiger partial charge < -0.3 is 14.2 Å². The summed E-state index contributed by atoms with van der Waals surface area (Å²) in [5.74, 6) is 2.21. The summed E-state index contributed by atoms with van der Waals surface area (Å²) in [6, 6.07) is 24.9. The Hall–Kier alpha value is -3.60. The fraction of sp³-hybridized carbons (Fsp3) is 0.333. The van der Waals surface area contributed by atoms with Crippen molar-refractivity contribution in [1.29, 1.82) is 0 Å². The van der Waals surface area contributed by atoms with Crippen molar-refractivity contribution < 1.29 is 9.53 Å². The van der Waals surface area contributed by atoms with E-state index >= 15 is 0 Å². The number of benzene rings is 3. The van der Waals surface area contributed by atoms with Crippen LogP contribution in [0.5, 0.6) is 5.75 Å². The van der Waals surface area contributed by atoms with Gasteiger partial charge in [-0.25, -0.2) is 4.98 Å². The van der Waals surface area contributed by atoms with Crippen LogP contribution in [-0.4, -0.2) is 33.5 Å². The largest absolute Gasteiger partial charge is 0.494 e. The SMILES string of the molecule is Cc1cc(C)cc(OCCCn2c(C3CC(=O)N(C(C)c4ccccc4)C3)nc3ccccc32)c1. The summed E-state index contributed by atoms with van der Waals surface area (Å²) in [4.78, 5) is 20.0. The molecule has 0 N–H and O–H groups in total. The second-order valence-electron chi connectivity index (χ2n) is 9.67. The third-order valence-electron chi connectivity index (χ3n) is 6.95. The van der Waals surface area contributed by atoms with Crippen molar-refractivity contribution in [3.05, 3.63) is 95.3 Å². The van der Waals surface area contributed by atoms with Crippen molar-refractivity contribution in [2.45, 2.75) is 52.1 Å². The van der Waals surface area contributed by atoms with Gasteiger partial charge in [0.15, 0.2) is 0 Å². The van der Waals surface area contributed by atoms with Crippen LogP contribution in [0.3, 0.4) is 0 Å². The van der Waals surface area contributed by atoms with E-state index in [0.717, 1.165) is 35.6 Å². The van der Waals surface area contributed by atoms with E-state index in [1.165, 1.54) is 16.7 Å². The van der Waals surface area contributed by atoms with Crippen molar-refractivity contribution in [3.63, 3.8) is 0 Å². The number of fused-ring (bicyclic) bond motifs is 1. The van der Waals surface area contributed by atoms with Gasteiger partial charge in [0.2, 0.25) is 5.91 Å². The van der Waals surface area contributed by atoms with Gasteiger partial charge in [-0.2, -0.15) is 0 Å². The summed E-state index contributed by atoms with van der Waals surface area (Å²) in [6.45, 7) is 8.43. The molecule has 35 heavy (non-hydrogen) atoms. The molecule has 180 valence electrons. The lowest BCUT2D eigenvalue weighted by Crippen LogP contribution is -2.28. The molecule has 5 rings (SSSR count). The Morgan fingerprint density at radius 1 is 1.00 bits per heavy atom. The van der Waals surface area contributed by atoms with Gasteiger partial charge >= 0.3 is 0 Å². The summed E-state index contributed by atoms with van der Waals surface area (Å²) in [5.41, 5.74) is 5.69. The van der Waals surface area contributed by atoms with Crippen LogP contribution in [0.15, 0.2) is 72.8 Å². The molecule has 3 aromatic carbocycles. The molecule has 1 aliphatic heterocycles. The van der Waals surface area contributed by atoms with Crippen molar-refractivity contribution in [2.24, 2.45) is 0 Å². The molecule has 0 bridgehead atoms. The summed E-state index contributed by atoms with van der Waals surface area (Å²) < 4.78 is 8.36. The average molecular weight is 468 g/mol. The minimum Gasteiger partial charge on any atom is -0.494 e. The van der Waals surface area contributed by atoms with Gasteiger partial charge in [0.1, 0.15) is 11.6 Å². The number of amides is 1. The van der Waals surface area contributed by atoms with Crippen LogP contribution in [0.4, 0.5) is 0 Å². The molecule has 1 amide bonds. The van der Waals surface area contributed by atoms with E-state index in [0.29, 0.717) is 19.6 Å². The van der Waals surface area contributed by atoms with Crippen molar-refractivity contribution >= 4 is 16.9 Å². The Balaban J connectivity index is 1.33. The number of carbonyl (C=O) groups excluding carboxylic acids is 1. The molecular weight excluding hydrogens is 434 g/mol. The Labute approximate surface area is 207 Å². The molecule has 0 radical (unpaired) electrons. The monoisotopic (exact) mass is 467 g/mol. The van der Waals surface area contributed by atoms with Crippen molar-refractivity contribution in [2.75, 3.05) is 13.2 Å². The van der Waals surface area contributed by atoms with Crippen LogP contribution < -0.4 is 4.74 Å². The Bertz CT molecular complexity index is 1310. The third-order valence-corrected chi connectivity index (χ3v) is 6.95. The summed E-state index contributed by atoms with van der Waals surface area (Å²) in [5, 5.41) is 0. The molecule has 5 nitrogen and oxygen atoms in total. The molecule has 1 aliphatic rings. The molecule has 2 atom stereocenters. The van der Waals surface area contributed by atoms with E-state index < -0.39 is 0 Å². The number of hydrogen-bond donors (Lipinski definition) is 0. The van der Waals surface area contributed by atoms with E-state index in [9.17, 15) is 4.79 Å². The van der Waals surface area contributed by atoms with Gasteiger partial charge in [0, 0.05) is 25.4 Å². The maximum absolute atomic E-state index is 13.0. The number of rotatable bonds is 8. The Morgan fingerprint density at radius 3 is 2.49 bits per heavy atom. The number of hydrogen-bond acceptors (Lipinski definition) is 3. The zero-order valence-corrected chi connectivity index (χ0v) is 20.8. The first-order chi connectivity index (χ1) is 17.0. The van der Waals surface area contributed by atoms with Crippen LogP contribution in [0.1, 0.15) is 54.2 Å².